The first-order chi connectivity index (χ1) is 16.0. The Kier molecular flexibility index (Phi) is 7.50. The van der Waals surface area contributed by atoms with E-state index < -0.39 is 0 Å². The predicted octanol–water partition coefficient (Wildman–Crippen LogP) is 4.09. The first kappa shape index (κ1) is 23.1. The first-order valence-corrected chi connectivity index (χ1v) is 11.8. The molecule has 2 fully saturated rings. The molecule has 2 heterocycles. The standard InChI is InChI=1S/C26H33N3O4/c1-18-11-13-29(14-12-18)23-10-9-19(28-26(31)21-7-3-4-8-24(21)32-2)16-22(23)25(30)27-17-20-6-5-15-33-20/h3-4,7-10,16,18,20H,5-6,11-15,17H2,1-2H3,(H,27,30)(H,28,31). The van der Waals surface area contributed by atoms with Crippen molar-refractivity contribution < 1.29 is 19.1 Å². The molecule has 2 aliphatic heterocycles. The zero-order chi connectivity index (χ0) is 23.2. The van der Waals surface area contributed by atoms with Crippen molar-refractivity contribution in [3.05, 3.63) is 53.6 Å². The SMILES string of the molecule is COc1ccccc1C(=O)Nc1ccc(N2CCC(C)CC2)c(C(=O)NCC2CCCO2)c1. The van der Waals surface area contributed by atoms with E-state index in [-0.39, 0.29) is 17.9 Å². The molecule has 4 rings (SSSR count). The van der Waals surface area contributed by atoms with E-state index in [0.29, 0.717) is 35.0 Å². The summed E-state index contributed by atoms with van der Waals surface area (Å²) in [6.07, 6.45) is 4.27. The van der Waals surface area contributed by atoms with Gasteiger partial charge in [-0.25, -0.2) is 0 Å². The van der Waals surface area contributed by atoms with Crippen LogP contribution in [0.15, 0.2) is 42.5 Å². The highest BCUT2D eigenvalue weighted by molar-refractivity contribution is 6.07. The third-order valence-corrected chi connectivity index (χ3v) is 6.49. The highest BCUT2D eigenvalue weighted by atomic mass is 16.5. The monoisotopic (exact) mass is 451 g/mol. The Morgan fingerprint density at radius 1 is 1.06 bits per heavy atom. The fourth-order valence-corrected chi connectivity index (χ4v) is 4.46. The van der Waals surface area contributed by atoms with Crippen LogP contribution in [-0.4, -0.2) is 51.3 Å². The lowest BCUT2D eigenvalue weighted by Gasteiger charge is -2.33. The Morgan fingerprint density at radius 3 is 2.58 bits per heavy atom. The van der Waals surface area contributed by atoms with Gasteiger partial charge in [-0.15, -0.1) is 0 Å². The maximum atomic E-state index is 13.2. The van der Waals surface area contributed by atoms with E-state index in [2.05, 4.69) is 22.5 Å². The molecule has 2 saturated heterocycles. The number of methoxy groups -OCH3 is 1. The molecule has 1 atom stereocenters. The summed E-state index contributed by atoms with van der Waals surface area (Å²) in [5, 5.41) is 5.96. The van der Waals surface area contributed by atoms with Crippen LogP contribution in [0, 0.1) is 5.92 Å². The van der Waals surface area contributed by atoms with Crippen LogP contribution >= 0.6 is 0 Å². The van der Waals surface area contributed by atoms with Crippen molar-refractivity contribution in [3.8, 4) is 5.75 Å². The van der Waals surface area contributed by atoms with E-state index in [9.17, 15) is 9.59 Å². The van der Waals surface area contributed by atoms with Gasteiger partial charge in [0.05, 0.1) is 24.3 Å². The summed E-state index contributed by atoms with van der Waals surface area (Å²) in [6.45, 7) is 5.35. The van der Waals surface area contributed by atoms with Crippen molar-refractivity contribution in [2.75, 3.05) is 43.6 Å². The third-order valence-electron chi connectivity index (χ3n) is 6.49. The molecule has 0 aliphatic carbocycles. The van der Waals surface area contributed by atoms with Gasteiger partial charge in [0.15, 0.2) is 0 Å². The van der Waals surface area contributed by atoms with Crippen LogP contribution in [0.1, 0.15) is 53.3 Å². The van der Waals surface area contributed by atoms with E-state index in [1.54, 1.807) is 24.3 Å². The van der Waals surface area contributed by atoms with E-state index in [1.807, 2.05) is 18.2 Å². The second-order valence-corrected chi connectivity index (χ2v) is 8.90. The Labute approximate surface area is 195 Å². The summed E-state index contributed by atoms with van der Waals surface area (Å²) in [5.74, 6) is 0.770. The van der Waals surface area contributed by atoms with E-state index >= 15 is 0 Å². The summed E-state index contributed by atoms with van der Waals surface area (Å²) in [5.41, 5.74) is 2.49. The maximum Gasteiger partial charge on any atom is 0.259 e. The zero-order valence-electron chi connectivity index (χ0n) is 19.4. The molecule has 0 aromatic heterocycles. The summed E-state index contributed by atoms with van der Waals surface area (Å²) >= 11 is 0. The Morgan fingerprint density at radius 2 is 1.85 bits per heavy atom. The van der Waals surface area contributed by atoms with Crippen LogP contribution in [-0.2, 0) is 4.74 Å². The summed E-state index contributed by atoms with van der Waals surface area (Å²) in [7, 11) is 1.54. The van der Waals surface area contributed by atoms with Crippen molar-refractivity contribution in [2.45, 2.75) is 38.7 Å². The lowest BCUT2D eigenvalue weighted by atomic mass is 9.97. The molecule has 2 aliphatic rings. The number of nitrogens with zero attached hydrogens (tertiary/aromatic N) is 1. The van der Waals surface area contributed by atoms with Crippen molar-refractivity contribution in [2.24, 2.45) is 5.92 Å². The van der Waals surface area contributed by atoms with Gasteiger partial charge in [0, 0.05) is 37.6 Å². The van der Waals surface area contributed by atoms with Crippen molar-refractivity contribution in [1.82, 2.24) is 5.32 Å². The number of carbonyl (C=O) groups excluding carboxylic acids is 2. The van der Waals surface area contributed by atoms with Crippen molar-refractivity contribution in [3.63, 3.8) is 0 Å². The lowest BCUT2D eigenvalue weighted by molar-refractivity contribution is 0.0858. The first-order valence-electron chi connectivity index (χ1n) is 11.8. The Hall–Kier alpha value is -3.06. The minimum atomic E-state index is -0.280. The number of benzene rings is 2. The molecule has 0 spiro atoms. The number of amides is 2. The van der Waals surface area contributed by atoms with Gasteiger partial charge >= 0.3 is 0 Å². The number of anilines is 2. The number of carbonyl (C=O) groups is 2. The fourth-order valence-electron chi connectivity index (χ4n) is 4.46. The zero-order valence-corrected chi connectivity index (χ0v) is 19.4. The smallest absolute Gasteiger partial charge is 0.259 e. The van der Waals surface area contributed by atoms with Gasteiger partial charge in [0.2, 0.25) is 0 Å². The van der Waals surface area contributed by atoms with Gasteiger partial charge in [-0.05, 0) is 61.9 Å². The molecule has 1 unspecified atom stereocenters. The number of ether oxygens (including phenoxy) is 2. The number of nitrogens with one attached hydrogen (secondary N) is 2. The average molecular weight is 452 g/mol. The highest BCUT2D eigenvalue weighted by Crippen LogP contribution is 2.29. The second-order valence-electron chi connectivity index (χ2n) is 8.90. The number of piperidine rings is 1. The summed E-state index contributed by atoms with van der Waals surface area (Å²) in [6, 6.07) is 12.6. The number of para-hydroxylation sites is 1. The van der Waals surface area contributed by atoms with Gasteiger partial charge in [0.25, 0.3) is 11.8 Å². The quantitative estimate of drug-likeness (QED) is 0.663. The van der Waals surface area contributed by atoms with Gasteiger partial charge in [-0.2, -0.15) is 0 Å². The minimum absolute atomic E-state index is 0.0710. The summed E-state index contributed by atoms with van der Waals surface area (Å²) in [4.78, 5) is 28.4. The molecule has 0 radical (unpaired) electrons. The van der Waals surface area contributed by atoms with Crippen LogP contribution in [0.5, 0.6) is 5.75 Å². The third kappa shape index (κ3) is 5.66. The molecule has 7 nitrogen and oxygen atoms in total. The number of hydrogen-bond donors (Lipinski definition) is 2. The number of hydrogen-bond acceptors (Lipinski definition) is 5. The van der Waals surface area contributed by atoms with Gasteiger partial charge in [-0.3, -0.25) is 9.59 Å². The van der Waals surface area contributed by atoms with Gasteiger partial charge in [-0.1, -0.05) is 19.1 Å². The van der Waals surface area contributed by atoms with E-state index in [1.165, 1.54) is 7.11 Å². The molecule has 2 aromatic carbocycles. The highest BCUT2D eigenvalue weighted by Gasteiger charge is 2.23. The molecule has 2 amide bonds. The molecule has 2 aromatic rings. The molecule has 0 bridgehead atoms. The van der Waals surface area contributed by atoms with Crippen molar-refractivity contribution in [1.29, 1.82) is 0 Å². The van der Waals surface area contributed by atoms with E-state index in [0.717, 1.165) is 51.1 Å². The van der Waals surface area contributed by atoms with Crippen LogP contribution in [0.3, 0.4) is 0 Å². The van der Waals surface area contributed by atoms with Crippen LogP contribution in [0.2, 0.25) is 0 Å². The maximum absolute atomic E-state index is 13.2. The number of rotatable bonds is 7. The minimum Gasteiger partial charge on any atom is -0.496 e. The molecule has 2 N–H and O–H groups in total. The topological polar surface area (TPSA) is 79.9 Å². The van der Waals surface area contributed by atoms with Crippen LogP contribution < -0.4 is 20.3 Å². The van der Waals surface area contributed by atoms with Crippen LogP contribution in [0.4, 0.5) is 11.4 Å². The van der Waals surface area contributed by atoms with Gasteiger partial charge < -0.3 is 25.0 Å². The Bertz CT molecular complexity index is 979. The Balaban J connectivity index is 1.56. The van der Waals surface area contributed by atoms with Crippen molar-refractivity contribution >= 4 is 23.2 Å². The largest absolute Gasteiger partial charge is 0.496 e. The second kappa shape index (κ2) is 10.7. The van der Waals surface area contributed by atoms with Gasteiger partial charge in [0.1, 0.15) is 5.75 Å². The molecule has 7 heteroatoms. The van der Waals surface area contributed by atoms with Crippen LogP contribution in [0.25, 0.3) is 0 Å². The molecular weight excluding hydrogens is 418 g/mol. The molecule has 0 saturated carbocycles. The van der Waals surface area contributed by atoms with E-state index in [4.69, 9.17) is 9.47 Å². The average Bonchev–Trinajstić information content (AvgIpc) is 3.37. The molecular formula is C26H33N3O4. The molecule has 176 valence electrons. The fraction of sp³-hybridized carbons (Fsp3) is 0.462. The molecule has 33 heavy (non-hydrogen) atoms. The predicted molar refractivity (Wildman–Crippen MR) is 129 cm³/mol. The summed E-state index contributed by atoms with van der Waals surface area (Å²) < 4.78 is 11.0. The normalized spacial score (nSPS) is 18.7. The lowest BCUT2D eigenvalue weighted by Crippen LogP contribution is -2.36.